The van der Waals surface area contributed by atoms with Gasteiger partial charge in [-0.25, -0.2) is 0 Å². The summed E-state index contributed by atoms with van der Waals surface area (Å²) in [6, 6.07) is 6.18. The molecular weight excluding hydrogens is 327 g/mol. The predicted octanol–water partition coefficient (Wildman–Crippen LogP) is 2.45. The summed E-state index contributed by atoms with van der Waals surface area (Å²) < 4.78 is 0. The lowest BCUT2D eigenvalue weighted by Gasteiger charge is -2.15. The number of nitrogens with one attached hydrogen (secondary N) is 2. The predicted molar refractivity (Wildman–Crippen MR) is 85.6 cm³/mol. The lowest BCUT2D eigenvalue weighted by molar-refractivity contribution is 0.0915. The van der Waals surface area contributed by atoms with Gasteiger partial charge in [-0.1, -0.05) is 29.3 Å². The number of H-pyrrole nitrogens is 1. The second kappa shape index (κ2) is 6.96. The topological polar surface area (TPSA) is 82.2 Å². The summed E-state index contributed by atoms with van der Waals surface area (Å²) in [4.78, 5) is 26.5. The SMILES string of the molecule is Cc1cc(=O)c(C(=O)NCC(O)c2c(Cl)cccc2Cl)c[nH]1. The van der Waals surface area contributed by atoms with E-state index >= 15 is 0 Å². The van der Waals surface area contributed by atoms with Gasteiger partial charge in [0.2, 0.25) is 0 Å². The minimum Gasteiger partial charge on any atom is -0.386 e. The molecule has 7 heteroatoms. The third kappa shape index (κ3) is 3.68. The van der Waals surface area contributed by atoms with Crippen LogP contribution in [0.3, 0.4) is 0 Å². The van der Waals surface area contributed by atoms with Gasteiger partial charge >= 0.3 is 0 Å². The molecule has 2 aromatic rings. The van der Waals surface area contributed by atoms with Gasteiger partial charge in [0, 0.05) is 40.1 Å². The molecule has 1 heterocycles. The van der Waals surface area contributed by atoms with E-state index in [9.17, 15) is 14.7 Å². The zero-order chi connectivity index (χ0) is 16.3. The smallest absolute Gasteiger partial charge is 0.256 e. The van der Waals surface area contributed by atoms with E-state index in [1.54, 1.807) is 25.1 Å². The number of aromatic amines is 1. The van der Waals surface area contributed by atoms with Gasteiger partial charge in [0.05, 0.1) is 6.10 Å². The van der Waals surface area contributed by atoms with Crippen LogP contribution in [-0.2, 0) is 0 Å². The molecule has 5 nitrogen and oxygen atoms in total. The number of aliphatic hydroxyl groups excluding tert-OH is 1. The highest BCUT2D eigenvalue weighted by Gasteiger charge is 2.17. The van der Waals surface area contributed by atoms with Gasteiger partial charge in [-0.15, -0.1) is 0 Å². The number of aryl methyl sites for hydroxylation is 1. The van der Waals surface area contributed by atoms with Gasteiger partial charge in [0.25, 0.3) is 5.91 Å². The molecule has 0 saturated heterocycles. The number of aromatic nitrogens is 1. The molecule has 1 aromatic heterocycles. The van der Waals surface area contributed by atoms with E-state index in [0.29, 0.717) is 21.3 Å². The first-order valence-corrected chi connectivity index (χ1v) is 7.25. The Morgan fingerprint density at radius 2 is 2.00 bits per heavy atom. The van der Waals surface area contributed by atoms with Gasteiger partial charge in [0.15, 0.2) is 5.43 Å². The fourth-order valence-electron chi connectivity index (χ4n) is 1.97. The number of aliphatic hydroxyl groups is 1. The number of pyridine rings is 1. The summed E-state index contributed by atoms with van der Waals surface area (Å²) in [6.45, 7) is 1.60. The van der Waals surface area contributed by atoms with Gasteiger partial charge in [-0.05, 0) is 19.1 Å². The van der Waals surface area contributed by atoms with Crippen molar-refractivity contribution in [1.29, 1.82) is 0 Å². The minimum atomic E-state index is -1.07. The molecule has 0 radical (unpaired) electrons. The Balaban J connectivity index is 2.09. The molecule has 0 aliphatic rings. The van der Waals surface area contributed by atoms with Crippen LogP contribution in [0, 0.1) is 6.92 Å². The van der Waals surface area contributed by atoms with Crippen LogP contribution in [-0.4, -0.2) is 22.5 Å². The highest BCUT2D eigenvalue weighted by Crippen LogP contribution is 2.29. The van der Waals surface area contributed by atoms with Crippen molar-refractivity contribution in [2.24, 2.45) is 0 Å². The summed E-state index contributed by atoms with van der Waals surface area (Å²) >= 11 is 12.0. The second-order valence-corrected chi connectivity index (χ2v) is 5.57. The van der Waals surface area contributed by atoms with Crippen LogP contribution in [0.15, 0.2) is 35.3 Å². The van der Waals surface area contributed by atoms with Gasteiger partial charge in [-0.3, -0.25) is 9.59 Å². The molecule has 0 fully saturated rings. The lowest BCUT2D eigenvalue weighted by Crippen LogP contribution is -2.32. The van der Waals surface area contributed by atoms with Crippen LogP contribution in [0.2, 0.25) is 10.0 Å². The average Bonchev–Trinajstić information content (AvgIpc) is 2.44. The van der Waals surface area contributed by atoms with Crippen LogP contribution in [0.25, 0.3) is 0 Å². The maximum Gasteiger partial charge on any atom is 0.256 e. The first-order chi connectivity index (χ1) is 10.4. The molecular formula is C15H14Cl2N2O3. The number of amides is 1. The first-order valence-electron chi connectivity index (χ1n) is 6.49. The van der Waals surface area contributed by atoms with Crippen LogP contribution in [0.4, 0.5) is 0 Å². The lowest BCUT2D eigenvalue weighted by atomic mass is 10.1. The molecule has 1 unspecified atom stereocenters. The number of benzene rings is 1. The van der Waals surface area contributed by atoms with Gasteiger partial charge in [-0.2, -0.15) is 0 Å². The Hall–Kier alpha value is -1.82. The largest absolute Gasteiger partial charge is 0.386 e. The fourth-order valence-corrected chi connectivity index (χ4v) is 2.62. The van der Waals surface area contributed by atoms with Crippen LogP contribution in [0.5, 0.6) is 0 Å². The summed E-state index contributed by atoms with van der Waals surface area (Å²) in [5.41, 5.74) is 0.579. The molecule has 0 aliphatic carbocycles. The number of halogens is 2. The average molecular weight is 341 g/mol. The quantitative estimate of drug-likeness (QED) is 0.799. The van der Waals surface area contributed by atoms with E-state index in [-0.39, 0.29) is 17.5 Å². The van der Waals surface area contributed by atoms with Crippen LogP contribution < -0.4 is 10.7 Å². The molecule has 1 atom stereocenters. The van der Waals surface area contributed by atoms with Crippen molar-refractivity contribution in [1.82, 2.24) is 10.3 Å². The Kier molecular flexibility index (Phi) is 5.24. The molecule has 116 valence electrons. The van der Waals surface area contributed by atoms with Crippen molar-refractivity contribution in [3.05, 3.63) is 67.6 Å². The number of carbonyl (C=O) groups is 1. The van der Waals surface area contributed by atoms with Crippen molar-refractivity contribution in [2.45, 2.75) is 13.0 Å². The molecule has 0 aliphatic heterocycles. The zero-order valence-electron chi connectivity index (χ0n) is 11.7. The Morgan fingerprint density at radius 3 is 2.59 bits per heavy atom. The van der Waals surface area contributed by atoms with E-state index in [4.69, 9.17) is 23.2 Å². The molecule has 22 heavy (non-hydrogen) atoms. The van der Waals surface area contributed by atoms with E-state index in [1.807, 2.05) is 0 Å². The third-order valence-corrected chi connectivity index (χ3v) is 3.75. The van der Waals surface area contributed by atoms with E-state index in [1.165, 1.54) is 12.3 Å². The molecule has 0 bridgehead atoms. The Morgan fingerprint density at radius 1 is 1.36 bits per heavy atom. The second-order valence-electron chi connectivity index (χ2n) is 4.76. The highest BCUT2D eigenvalue weighted by molar-refractivity contribution is 6.36. The van der Waals surface area contributed by atoms with Gasteiger partial charge < -0.3 is 15.4 Å². The number of rotatable bonds is 4. The summed E-state index contributed by atoms with van der Waals surface area (Å²) in [5, 5.41) is 13.2. The number of hydrogen-bond acceptors (Lipinski definition) is 3. The fraction of sp³-hybridized carbons (Fsp3) is 0.200. The Labute approximate surface area is 136 Å². The van der Waals surface area contributed by atoms with Crippen molar-refractivity contribution < 1.29 is 9.90 Å². The Bertz CT molecular complexity index is 738. The monoisotopic (exact) mass is 340 g/mol. The van der Waals surface area contributed by atoms with Crippen LogP contribution in [0.1, 0.15) is 27.7 Å². The van der Waals surface area contributed by atoms with Crippen LogP contribution >= 0.6 is 23.2 Å². The highest BCUT2D eigenvalue weighted by atomic mass is 35.5. The van der Waals surface area contributed by atoms with Crippen molar-refractivity contribution in [3.63, 3.8) is 0 Å². The van der Waals surface area contributed by atoms with E-state index in [0.717, 1.165) is 0 Å². The zero-order valence-corrected chi connectivity index (χ0v) is 13.2. The van der Waals surface area contributed by atoms with E-state index < -0.39 is 12.0 Å². The van der Waals surface area contributed by atoms with E-state index in [2.05, 4.69) is 10.3 Å². The molecule has 0 spiro atoms. The normalized spacial score (nSPS) is 12.0. The standard InChI is InChI=1S/C15H14Cl2N2O3/c1-8-5-12(20)9(6-18-8)15(22)19-7-13(21)14-10(16)3-2-4-11(14)17/h2-6,13,21H,7H2,1H3,(H,18,20)(H,19,22). The van der Waals surface area contributed by atoms with Crippen molar-refractivity contribution in [3.8, 4) is 0 Å². The third-order valence-electron chi connectivity index (χ3n) is 3.09. The molecule has 1 amide bonds. The molecule has 0 saturated carbocycles. The summed E-state index contributed by atoms with van der Waals surface area (Å²) in [6.07, 6.45) is 0.261. The van der Waals surface area contributed by atoms with Crippen molar-refractivity contribution >= 4 is 29.1 Å². The minimum absolute atomic E-state index is 0.0249. The van der Waals surface area contributed by atoms with Gasteiger partial charge in [0.1, 0.15) is 5.56 Å². The molecule has 2 rings (SSSR count). The number of hydrogen-bond donors (Lipinski definition) is 3. The molecule has 3 N–H and O–H groups in total. The maximum atomic E-state index is 12.0. The maximum absolute atomic E-state index is 12.0. The van der Waals surface area contributed by atoms with Crippen molar-refractivity contribution in [2.75, 3.05) is 6.54 Å². The first kappa shape index (κ1) is 16.5. The summed E-state index contributed by atoms with van der Waals surface area (Å²) in [7, 11) is 0. The summed E-state index contributed by atoms with van der Waals surface area (Å²) in [5.74, 6) is -0.580. The molecule has 1 aromatic carbocycles. The number of carbonyl (C=O) groups excluding carboxylic acids is 1.